The van der Waals surface area contributed by atoms with E-state index in [0.29, 0.717) is 23.0 Å². The fourth-order valence-corrected chi connectivity index (χ4v) is 7.01. The van der Waals surface area contributed by atoms with Crippen LogP contribution in [0, 0.1) is 0 Å². The van der Waals surface area contributed by atoms with Gasteiger partial charge in [0.2, 0.25) is 5.91 Å². The molecule has 2 atom stereocenters. The standard InChI is InChI=1S/C34H35Cl2FN2O3/c35-24-7-11-30(32(36)18-24)31-4-1-3-23-17-25(39-20-26(40)19-33(39)41)8-12-29(23)34(31)22-5-9-27(10-6-22)42-28-13-16-38(21-28)15-2-14-37/h5-12,17-18,26,28,40H,1-4,13-16,19-21H2/t26-,28-/m0/s1. The maximum absolute atomic E-state index is 12.6. The van der Waals surface area contributed by atoms with Gasteiger partial charge in [0.1, 0.15) is 11.9 Å². The largest absolute Gasteiger partial charge is 0.489 e. The van der Waals surface area contributed by atoms with Crippen molar-refractivity contribution in [2.75, 3.05) is 37.8 Å². The van der Waals surface area contributed by atoms with E-state index in [1.165, 1.54) is 0 Å². The molecule has 0 spiro atoms. The lowest BCUT2D eigenvalue weighted by Crippen LogP contribution is -2.26. The number of carbonyl (C=O) groups is 1. The number of fused-ring (bicyclic) bond motifs is 1. The van der Waals surface area contributed by atoms with Crippen molar-refractivity contribution >= 4 is 45.9 Å². The monoisotopic (exact) mass is 608 g/mol. The number of rotatable bonds is 8. The van der Waals surface area contributed by atoms with Crippen LogP contribution in [-0.2, 0) is 11.2 Å². The van der Waals surface area contributed by atoms with E-state index < -0.39 is 6.10 Å². The van der Waals surface area contributed by atoms with Crippen LogP contribution in [-0.4, -0.2) is 61.0 Å². The number of alkyl halides is 1. The third-order valence-corrected chi connectivity index (χ3v) is 9.04. The van der Waals surface area contributed by atoms with Crippen molar-refractivity contribution < 1.29 is 19.0 Å². The van der Waals surface area contributed by atoms with E-state index in [1.54, 1.807) is 11.0 Å². The van der Waals surface area contributed by atoms with Gasteiger partial charge in [0.15, 0.2) is 0 Å². The summed E-state index contributed by atoms with van der Waals surface area (Å²) in [5.41, 5.74) is 7.38. The molecule has 0 unspecified atom stereocenters. The first-order valence-electron chi connectivity index (χ1n) is 14.8. The predicted molar refractivity (Wildman–Crippen MR) is 167 cm³/mol. The molecule has 8 heteroatoms. The van der Waals surface area contributed by atoms with Crippen LogP contribution < -0.4 is 9.64 Å². The second-order valence-electron chi connectivity index (χ2n) is 11.4. The van der Waals surface area contributed by atoms with Crippen LogP contribution in [0.2, 0.25) is 10.0 Å². The van der Waals surface area contributed by atoms with Crippen molar-refractivity contribution in [1.82, 2.24) is 4.90 Å². The van der Waals surface area contributed by atoms with Crippen LogP contribution in [0.15, 0.2) is 60.7 Å². The van der Waals surface area contributed by atoms with Gasteiger partial charge in [-0.05, 0) is 102 Å². The first-order chi connectivity index (χ1) is 20.4. The summed E-state index contributed by atoms with van der Waals surface area (Å²) in [5, 5.41) is 11.3. The molecular formula is C34H35Cl2FN2O3. The Labute approximate surface area is 256 Å². The molecule has 42 heavy (non-hydrogen) atoms. The highest BCUT2D eigenvalue weighted by Gasteiger charge is 2.30. The van der Waals surface area contributed by atoms with Gasteiger partial charge in [-0.15, -0.1) is 0 Å². The molecule has 1 amide bonds. The number of aliphatic hydroxyl groups excluding tert-OH is 1. The zero-order valence-electron chi connectivity index (χ0n) is 23.5. The van der Waals surface area contributed by atoms with Gasteiger partial charge in [0.25, 0.3) is 0 Å². The molecule has 2 aliphatic heterocycles. The maximum atomic E-state index is 12.6. The molecule has 1 N–H and O–H groups in total. The van der Waals surface area contributed by atoms with Crippen molar-refractivity contribution in [2.45, 2.75) is 50.7 Å². The molecule has 0 radical (unpaired) electrons. The summed E-state index contributed by atoms with van der Waals surface area (Å²) in [6, 6.07) is 20.1. The normalized spacial score (nSPS) is 21.1. The summed E-state index contributed by atoms with van der Waals surface area (Å²) in [6.45, 7) is 2.56. The van der Waals surface area contributed by atoms with E-state index in [0.717, 1.165) is 90.2 Å². The predicted octanol–water partition coefficient (Wildman–Crippen LogP) is 7.20. The van der Waals surface area contributed by atoms with E-state index in [1.807, 2.05) is 30.3 Å². The fourth-order valence-electron chi connectivity index (χ4n) is 6.49. The number of ether oxygens (including phenoxy) is 1. The lowest BCUT2D eigenvalue weighted by atomic mass is 9.87. The van der Waals surface area contributed by atoms with Gasteiger partial charge in [0, 0.05) is 35.4 Å². The average molecular weight is 610 g/mol. The number of nitrogens with zero attached hydrogens (tertiary/aromatic N) is 2. The Balaban J connectivity index is 1.36. The van der Waals surface area contributed by atoms with E-state index >= 15 is 0 Å². The number of likely N-dealkylation sites (tertiary alicyclic amines) is 1. The third-order valence-electron chi connectivity index (χ3n) is 8.49. The molecule has 3 aromatic carbocycles. The second-order valence-corrected chi connectivity index (χ2v) is 12.3. The number of β-amino-alcohol motifs (C(OH)–C–C–N with tert-alkyl or cyclic N) is 1. The number of halogens is 3. The molecule has 3 aliphatic rings. The molecule has 1 aliphatic carbocycles. The van der Waals surface area contributed by atoms with Crippen LogP contribution in [0.25, 0.3) is 11.1 Å². The Kier molecular flexibility index (Phi) is 8.87. The molecule has 2 fully saturated rings. The number of benzene rings is 3. The molecular weight excluding hydrogens is 574 g/mol. The Morgan fingerprint density at radius 1 is 0.976 bits per heavy atom. The van der Waals surface area contributed by atoms with Gasteiger partial charge in [-0.2, -0.15) is 0 Å². The summed E-state index contributed by atoms with van der Waals surface area (Å²) in [6.07, 6.45) is 3.74. The number of anilines is 1. The van der Waals surface area contributed by atoms with Gasteiger partial charge in [-0.1, -0.05) is 47.5 Å². The van der Waals surface area contributed by atoms with E-state index in [2.05, 4.69) is 29.2 Å². The molecule has 220 valence electrons. The Morgan fingerprint density at radius 2 is 1.79 bits per heavy atom. The van der Waals surface area contributed by atoms with E-state index in [9.17, 15) is 14.3 Å². The Hall–Kier alpha value is -2.90. The Bertz CT molecular complexity index is 1490. The highest BCUT2D eigenvalue weighted by atomic mass is 35.5. The maximum Gasteiger partial charge on any atom is 0.229 e. The number of carbonyl (C=O) groups excluding carboxylic acids is 1. The molecule has 5 nitrogen and oxygen atoms in total. The zero-order chi connectivity index (χ0) is 29.2. The molecule has 0 saturated carbocycles. The molecule has 3 aromatic rings. The van der Waals surface area contributed by atoms with Crippen LogP contribution >= 0.6 is 23.2 Å². The summed E-state index contributed by atoms with van der Waals surface area (Å²) in [4.78, 5) is 16.5. The topological polar surface area (TPSA) is 53.0 Å². The number of hydrogen-bond donors (Lipinski definition) is 1. The first-order valence-corrected chi connectivity index (χ1v) is 15.5. The van der Waals surface area contributed by atoms with Crippen molar-refractivity contribution in [3.05, 3.63) is 93.0 Å². The molecule has 2 saturated heterocycles. The minimum absolute atomic E-state index is 0.0520. The highest BCUT2D eigenvalue weighted by molar-refractivity contribution is 6.36. The van der Waals surface area contributed by atoms with Crippen molar-refractivity contribution in [3.63, 3.8) is 0 Å². The van der Waals surface area contributed by atoms with Crippen LogP contribution in [0.3, 0.4) is 0 Å². The molecule has 0 aromatic heterocycles. The van der Waals surface area contributed by atoms with Crippen LogP contribution in [0.5, 0.6) is 5.75 Å². The number of aryl methyl sites for hydroxylation is 1. The smallest absolute Gasteiger partial charge is 0.229 e. The third kappa shape index (κ3) is 6.23. The first kappa shape index (κ1) is 29.2. The minimum Gasteiger partial charge on any atom is -0.489 e. The number of aliphatic hydroxyl groups is 1. The van der Waals surface area contributed by atoms with Gasteiger partial charge < -0.3 is 14.7 Å². The SMILES string of the molecule is O=C1C[C@H](O)CN1c1ccc2c(c1)CCCC(c1ccc(Cl)cc1Cl)=C2c1ccc(O[C@H]2CCN(CCCF)C2)cc1. The van der Waals surface area contributed by atoms with Gasteiger partial charge in [0.05, 0.1) is 25.7 Å². The van der Waals surface area contributed by atoms with E-state index in [4.69, 9.17) is 27.9 Å². The van der Waals surface area contributed by atoms with Gasteiger partial charge in [-0.25, -0.2) is 0 Å². The Morgan fingerprint density at radius 3 is 2.52 bits per heavy atom. The fraction of sp³-hybridized carbons (Fsp3) is 0.382. The summed E-state index contributed by atoms with van der Waals surface area (Å²) >= 11 is 13.0. The second kappa shape index (κ2) is 12.8. The molecule has 6 rings (SSSR count). The lowest BCUT2D eigenvalue weighted by Gasteiger charge is -2.21. The summed E-state index contributed by atoms with van der Waals surface area (Å²) in [7, 11) is 0. The van der Waals surface area contributed by atoms with Crippen LogP contribution in [0.4, 0.5) is 10.1 Å². The molecule has 0 bridgehead atoms. The minimum atomic E-state index is -0.631. The summed E-state index contributed by atoms with van der Waals surface area (Å²) in [5.74, 6) is 0.766. The molecule has 2 heterocycles. The van der Waals surface area contributed by atoms with Crippen LogP contribution in [0.1, 0.15) is 54.4 Å². The number of hydrogen-bond acceptors (Lipinski definition) is 4. The van der Waals surface area contributed by atoms with E-state index in [-0.39, 0.29) is 25.1 Å². The van der Waals surface area contributed by atoms with Gasteiger partial charge in [-0.3, -0.25) is 14.1 Å². The van der Waals surface area contributed by atoms with Crippen molar-refractivity contribution in [3.8, 4) is 5.75 Å². The highest BCUT2D eigenvalue weighted by Crippen LogP contribution is 2.43. The number of amides is 1. The lowest BCUT2D eigenvalue weighted by molar-refractivity contribution is -0.117. The summed E-state index contributed by atoms with van der Waals surface area (Å²) < 4.78 is 18.9. The zero-order valence-corrected chi connectivity index (χ0v) is 25.0. The quantitative estimate of drug-likeness (QED) is 0.294. The van der Waals surface area contributed by atoms with Crippen molar-refractivity contribution in [2.24, 2.45) is 0 Å². The number of allylic oxidation sites excluding steroid dienone is 1. The average Bonchev–Trinajstić information content (AvgIpc) is 3.51. The van der Waals surface area contributed by atoms with Gasteiger partial charge >= 0.3 is 0 Å². The van der Waals surface area contributed by atoms with Crippen molar-refractivity contribution in [1.29, 1.82) is 0 Å².